The minimum Gasteiger partial charge on any atom is -0.467 e. The summed E-state index contributed by atoms with van der Waals surface area (Å²) in [6, 6.07) is 3.32. The predicted molar refractivity (Wildman–Crippen MR) is 159 cm³/mol. The molecular formula is C31H49N5O5. The molecule has 0 aromatic carbocycles. The first kappa shape index (κ1) is 32.4. The lowest BCUT2D eigenvalue weighted by molar-refractivity contribution is -0.0479. The molecule has 3 rings (SSSR count). The summed E-state index contributed by atoms with van der Waals surface area (Å²) in [6.07, 6.45) is 3.28. The van der Waals surface area contributed by atoms with Gasteiger partial charge >= 0.3 is 6.09 Å². The summed E-state index contributed by atoms with van der Waals surface area (Å²) in [4.78, 5) is 40.3. The largest absolute Gasteiger partial charge is 0.467 e. The number of aromatic nitrogens is 2. The first-order chi connectivity index (χ1) is 18.8. The Morgan fingerprint density at radius 3 is 2.39 bits per heavy atom. The number of furan rings is 1. The van der Waals surface area contributed by atoms with Gasteiger partial charge in [0.2, 0.25) is 0 Å². The first-order valence-corrected chi connectivity index (χ1v) is 14.5. The fourth-order valence-corrected chi connectivity index (χ4v) is 4.85. The molecule has 0 saturated carbocycles. The van der Waals surface area contributed by atoms with E-state index in [1.165, 1.54) is 0 Å². The maximum absolute atomic E-state index is 14.4. The molecule has 0 aliphatic carbocycles. The van der Waals surface area contributed by atoms with Gasteiger partial charge in [-0.1, -0.05) is 34.6 Å². The standard InChI is InChI=1S/C31H49N5O5/c1-20(2)17-36(22-14-21(31(9,10)39)18-35(19-22)28(38)41-30(6,7)8)26(37)24-16-33-27(29(3,4)5)34-25(24)32-15-23-12-11-13-40-23/h11-13,16,20-22,39H,14-15,17-19H2,1-10H3,(H,32,33,34). The van der Waals surface area contributed by atoms with Crippen LogP contribution in [0.1, 0.15) is 97.6 Å². The third kappa shape index (κ3) is 8.92. The van der Waals surface area contributed by atoms with E-state index in [4.69, 9.17) is 14.1 Å². The van der Waals surface area contributed by atoms with Crippen molar-refractivity contribution >= 4 is 17.8 Å². The van der Waals surface area contributed by atoms with E-state index in [9.17, 15) is 14.7 Å². The summed E-state index contributed by atoms with van der Waals surface area (Å²) in [6.45, 7) is 20.6. The monoisotopic (exact) mass is 571 g/mol. The van der Waals surface area contributed by atoms with Gasteiger partial charge in [0, 0.05) is 37.2 Å². The molecule has 2 aromatic heterocycles. The van der Waals surface area contributed by atoms with Gasteiger partial charge in [0.25, 0.3) is 5.91 Å². The highest BCUT2D eigenvalue weighted by atomic mass is 16.6. The van der Waals surface area contributed by atoms with Gasteiger partial charge in [0.15, 0.2) is 0 Å². The number of nitrogens with one attached hydrogen (secondary N) is 1. The van der Waals surface area contributed by atoms with Gasteiger partial charge in [-0.05, 0) is 59.1 Å². The molecule has 2 amide bonds. The molecule has 10 heteroatoms. The maximum atomic E-state index is 14.4. The molecule has 2 N–H and O–H groups in total. The van der Waals surface area contributed by atoms with Crippen LogP contribution in [0.5, 0.6) is 0 Å². The Kier molecular flexibility index (Phi) is 9.78. The van der Waals surface area contributed by atoms with Crippen LogP contribution in [-0.4, -0.2) is 73.8 Å². The van der Waals surface area contributed by atoms with E-state index in [1.807, 2.05) is 58.6 Å². The number of hydrogen-bond acceptors (Lipinski definition) is 8. The van der Waals surface area contributed by atoms with E-state index in [0.717, 1.165) is 0 Å². The number of ether oxygens (including phenoxy) is 1. The summed E-state index contributed by atoms with van der Waals surface area (Å²) < 4.78 is 11.2. The van der Waals surface area contributed by atoms with Crippen LogP contribution in [0.15, 0.2) is 29.0 Å². The third-order valence-corrected chi connectivity index (χ3v) is 7.04. The van der Waals surface area contributed by atoms with Crippen molar-refractivity contribution in [1.29, 1.82) is 0 Å². The average Bonchev–Trinajstić information content (AvgIpc) is 3.36. The van der Waals surface area contributed by atoms with Gasteiger partial charge in [-0.15, -0.1) is 0 Å². The summed E-state index contributed by atoms with van der Waals surface area (Å²) in [5.41, 5.74) is -1.70. The smallest absolute Gasteiger partial charge is 0.410 e. The van der Waals surface area contributed by atoms with Crippen molar-refractivity contribution in [2.75, 3.05) is 25.0 Å². The summed E-state index contributed by atoms with van der Waals surface area (Å²) >= 11 is 0. The van der Waals surface area contributed by atoms with Crippen molar-refractivity contribution in [3.63, 3.8) is 0 Å². The molecule has 1 saturated heterocycles. The Morgan fingerprint density at radius 2 is 1.85 bits per heavy atom. The zero-order valence-corrected chi connectivity index (χ0v) is 26.4. The maximum Gasteiger partial charge on any atom is 0.410 e. The number of likely N-dealkylation sites (tertiary alicyclic amines) is 1. The molecule has 2 atom stereocenters. The third-order valence-electron chi connectivity index (χ3n) is 7.04. The molecule has 1 aliphatic rings. The van der Waals surface area contributed by atoms with Crippen molar-refractivity contribution in [3.05, 3.63) is 41.7 Å². The molecule has 2 aromatic rings. The Labute approximate surface area is 244 Å². The number of hydrogen-bond donors (Lipinski definition) is 2. The topological polar surface area (TPSA) is 121 Å². The minimum atomic E-state index is -1.06. The van der Waals surface area contributed by atoms with E-state index < -0.39 is 17.3 Å². The normalized spacial score (nSPS) is 18.4. The number of piperidine rings is 1. The number of amides is 2. The Morgan fingerprint density at radius 1 is 1.17 bits per heavy atom. The molecule has 2 unspecified atom stereocenters. The van der Waals surface area contributed by atoms with Gasteiger partial charge < -0.3 is 29.4 Å². The van der Waals surface area contributed by atoms with Crippen molar-refractivity contribution in [1.82, 2.24) is 19.8 Å². The number of carbonyl (C=O) groups is 2. The Hall–Kier alpha value is -3.14. The highest BCUT2D eigenvalue weighted by molar-refractivity contribution is 5.98. The zero-order valence-electron chi connectivity index (χ0n) is 26.4. The second-order valence-electron chi connectivity index (χ2n) is 14.1. The highest BCUT2D eigenvalue weighted by Crippen LogP contribution is 2.32. The summed E-state index contributed by atoms with van der Waals surface area (Å²) in [7, 11) is 0. The van der Waals surface area contributed by atoms with Crippen LogP contribution < -0.4 is 5.32 Å². The van der Waals surface area contributed by atoms with Gasteiger partial charge in [-0.2, -0.15) is 0 Å². The summed E-state index contributed by atoms with van der Waals surface area (Å²) in [5.74, 6) is 1.43. The van der Waals surface area contributed by atoms with Gasteiger partial charge in [-0.3, -0.25) is 4.79 Å². The van der Waals surface area contributed by atoms with E-state index in [0.29, 0.717) is 55.6 Å². The fourth-order valence-electron chi connectivity index (χ4n) is 4.85. The molecule has 41 heavy (non-hydrogen) atoms. The van der Waals surface area contributed by atoms with E-state index in [1.54, 1.807) is 31.2 Å². The lowest BCUT2D eigenvalue weighted by Gasteiger charge is -2.46. The molecule has 1 fully saturated rings. The van der Waals surface area contributed by atoms with E-state index in [2.05, 4.69) is 24.1 Å². The predicted octanol–water partition coefficient (Wildman–Crippen LogP) is 5.47. The van der Waals surface area contributed by atoms with Crippen molar-refractivity contribution in [2.45, 2.75) is 105 Å². The second-order valence-corrected chi connectivity index (χ2v) is 14.1. The quantitative estimate of drug-likeness (QED) is 0.428. The van der Waals surface area contributed by atoms with Crippen molar-refractivity contribution in [2.24, 2.45) is 11.8 Å². The Balaban J connectivity index is 2.01. The molecule has 0 spiro atoms. The SMILES string of the molecule is CC(C)CN(C(=O)c1cnc(C(C)(C)C)nc1NCc1ccco1)C1CC(C(C)(C)O)CN(C(=O)OC(C)(C)C)C1. The van der Waals surface area contributed by atoms with Crippen molar-refractivity contribution < 1.29 is 23.8 Å². The van der Waals surface area contributed by atoms with Crippen LogP contribution in [0.2, 0.25) is 0 Å². The van der Waals surface area contributed by atoms with Gasteiger partial charge in [0.1, 0.15) is 28.6 Å². The number of aliphatic hydroxyl groups is 1. The summed E-state index contributed by atoms with van der Waals surface area (Å²) in [5, 5.41) is 14.3. The van der Waals surface area contributed by atoms with Crippen LogP contribution in [0.4, 0.5) is 10.6 Å². The molecule has 0 radical (unpaired) electrons. The highest BCUT2D eigenvalue weighted by Gasteiger charge is 2.42. The van der Waals surface area contributed by atoms with Crippen LogP contribution in [0.3, 0.4) is 0 Å². The minimum absolute atomic E-state index is 0.158. The van der Waals surface area contributed by atoms with Crippen LogP contribution in [0.25, 0.3) is 0 Å². The molecule has 0 bridgehead atoms. The van der Waals surface area contributed by atoms with Crippen LogP contribution in [-0.2, 0) is 16.7 Å². The average molecular weight is 572 g/mol. The van der Waals surface area contributed by atoms with Crippen LogP contribution in [0, 0.1) is 11.8 Å². The number of anilines is 1. The molecule has 10 nitrogen and oxygen atoms in total. The fraction of sp³-hybridized carbons (Fsp3) is 0.677. The molecule has 1 aliphatic heterocycles. The Bertz CT molecular complexity index is 1170. The second kappa shape index (κ2) is 12.4. The van der Waals surface area contributed by atoms with E-state index >= 15 is 0 Å². The molecular weight excluding hydrogens is 522 g/mol. The number of carbonyl (C=O) groups excluding carboxylic acids is 2. The number of rotatable bonds is 8. The molecule has 228 valence electrons. The number of nitrogens with zero attached hydrogens (tertiary/aromatic N) is 4. The lowest BCUT2D eigenvalue weighted by Crippen LogP contribution is -2.58. The zero-order chi connectivity index (χ0) is 30.8. The van der Waals surface area contributed by atoms with Crippen LogP contribution >= 0.6 is 0 Å². The van der Waals surface area contributed by atoms with Gasteiger partial charge in [-0.25, -0.2) is 14.8 Å². The van der Waals surface area contributed by atoms with E-state index in [-0.39, 0.29) is 29.2 Å². The lowest BCUT2D eigenvalue weighted by atomic mass is 9.81. The van der Waals surface area contributed by atoms with Gasteiger partial charge in [0.05, 0.1) is 24.5 Å². The van der Waals surface area contributed by atoms with Crippen molar-refractivity contribution in [3.8, 4) is 0 Å². The first-order valence-electron chi connectivity index (χ1n) is 14.5. The molecule has 3 heterocycles.